The summed E-state index contributed by atoms with van der Waals surface area (Å²) in [4.78, 5) is 41.1. The van der Waals surface area contributed by atoms with E-state index in [0.29, 0.717) is 16.3 Å². The number of carbonyl (C=O) groups excluding carboxylic acids is 1. The number of rotatable bonds is 5. The predicted octanol–water partition coefficient (Wildman–Crippen LogP) is 4.14. The third-order valence-electron chi connectivity index (χ3n) is 5.03. The molecule has 2 aromatic heterocycles. The zero-order valence-corrected chi connectivity index (χ0v) is 18.1. The van der Waals surface area contributed by atoms with Crippen molar-refractivity contribution in [2.24, 2.45) is 7.05 Å². The molecule has 4 rings (SSSR count). The first-order valence-electron chi connectivity index (χ1n) is 9.36. The number of nitro groups is 1. The number of carbonyl (C=O) groups is 1. The molecule has 0 saturated carbocycles. The molecule has 0 unspecified atom stereocenters. The molecular weight excluding hydrogens is 469 g/mol. The summed E-state index contributed by atoms with van der Waals surface area (Å²) in [5.74, 6) is -1.07. The molecule has 168 valence electrons. The van der Waals surface area contributed by atoms with Gasteiger partial charge in [0.15, 0.2) is 5.16 Å². The number of non-ortho nitro benzene ring substituents is 1. The second-order valence-corrected chi connectivity index (χ2v) is 9.14. The first-order chi connectivity index (χ1) is 15.1. The maximum atomic E-state index is 13.3. The molecular formula is C19H15F3N4O4S2. The Bertz CT molecular complexity index is 1320. The molecule has 0 saturated heterocycles. The summed E-state index contributed by atoms with van der Waals surface area (Å²) >= 11 is 2.37. The van der Waals surface area contributed by atoms with Gasteiger partial charge in [-0.2, -0.15) is 13.2 Å². The number of halogens is 3. The van der Waals surface area contributed by atoms with Gasteiger partial charge in [0.25, 0.3) is 11.2 Å². The van der Waals surface area contributed by atoms with Crippen molar-refractivity contribution in [2.75, 3.05) is 11.1 Å². The van der Waals surface area contributed by atoms with Crippen LogP contribution in [0.1, 0.15) is 22.4 Å². The molecule has 8 nitrogen and oxygen atoms in total. The van der Waals surface area contributed by atoms with E-state index in [1.165, 1.54) is 23.0 Å². The number of anilines is 1. The van der Waals surface area contributed by atoms with Crippen LogP contribution >= 0.6 is 23.1 Å². The van der Waals surface area contributed by atoms with Crippen LogP contribution in [0.15, 0.2) is 28.2 Å². The number of nitrogens with one attached hydrogen (secondary N) is 1. The van der Waals surface area contributed by atoms with E-state index < -0.39 is 33.9 Å². The summed E-state index contributed by atoms with van der Waals surface area (Å²) in [5, 5.41) is 13.8. The highest BCUT2D eigenvalue weighted by Gasteiger charge is 2.35. The normalized spacial score (nSPS) is 13.4. The molecule has 3 aromatic rings. The molecule has 1 amide bonds. The number of benzene rings is 1. The van der Waals surface area contributed by atoms with Gasteiger partial charge in [0, 0.05) is 24.1 Å². The Morgan fingerprint density at radius 2 is 2.12 bits per heavy atom. The van der Waals surface area contributed by atoms with Crippen molar-refractivity contribution in [2.45, 2.75) is 30.6 Å². The van der Waals surface area contributed by atoms with E-state index in [0.717, 1.165) is 53.6 Å². The Morgan fingerprint density at radius 3 is 2.81 bits per heavy atom. The van der Waals surface area contributed by atoms with Crippen LogP contribution in [0.4, 0.5) is 24.5 Å². The molecule has 0 aliphatic heterocycles. The Labute approximate surface area is 186 Å². The van der Waals surface area contributed by atoms with Gasteiger partial charge in [0.05, 0.1) is 27.3 Å². The van der Waals surface area contributed by atoms with E-state index >= 15 is 0 Å². The van der Waals surface area contributed by atoms with Crippen molar-refractivity contribution in [1.82, 2.24) is 9.55 Å². The SMILES string of the molecule is Cn1c(SCC(=O)Nc2ccc([N+](=O)[O-])cc2C(F)(F)F)nc2sc3c(c2c1=O)CCC3. The lowest BCUT2D eigenvalue weighted by Gasteiger charge is -2.13. The second-order valence-electron chi connectivity index (χ2n) is 7.12. The lowest BCUT2D eigenvalue weighted by Crippen LogP contribution is -2.22. The molecule has 0 spiro atoms. The number of thioether (sulfide) groups is 1. The van der Waals surface area contributed by atoms with Crippen LogP contribution < -0.4 is 10.9 Å². The maximum absolute atomic E-state index is 13.3. The van der Waals surface area contributed by atoms with Gasteiger partial charge in [-0.1, -0.05) is 11.8 Å². The number of nitrogens with zero attached hydrogens (tertiary/aromatic N) is 3. The Kier molecular flexibility index (Phi) is 5.71. The molecule has 0 fully saturated rings. The standard InChI is InChI=1S/C19H15F3N4O4S2/c1-25-17(28)15-10-3-2-4-13(10)32-16(15)24-18(25)31-8-14(27)23-12-6-5-9(26(29)30)7-11(12)19(20,21)22/h5-7H,2-4,8H2,1H3,(H,23,27). The summed E-state index contributed by atoms with van der Waals surface area (Å²) in [6.45, 7) is 0. The summed E-state index contributed by atoms with van der Waals surface area (Å²) in [5.41, 5.74) is -1.82. The third-order valence-corrected chi connectivity index (χ3v) is 7.25. The lowest BCUT2D eigenvalue weighted by atomic mass is 10.1. The van der Waals surface area contributed by atoms with E-state index in [4.69, 9.17) is 0 Å². The molecule has 2 heterocycles. The van der Waals surface area contributed by atoms with E-state index in [2.05, 4.69) is 10.3 Å². The lowest BCUT2D eigenvalue weighted by molar-refractivity contribution is -0.385. The Morgan fingerprint density at radius 1 is 1.38 bits per heavy atom. The molecule has 0 atom stereocenters. The minimum Gasteiger partial charge on any atom is -0.325 e. The van der Waals surface area contributed by atoms with Gasteiger partial charge in [0.1, 0.15) is 4.83 Å². The average molecular weight is 484 g/mol. The van der Waals surface area contributed by atoms with Crippen molar-refractivity contribution in [3.8, 4) is 0 Å². The fourth-order valence-corrected chi connectivity index (χ4v) is 5.61. The number of aryl methyl sites for hydroxylation is 2. The number of amides is 1. The number of hydrogen-bond acceptors (Lipinski definition) is 7. The van der Waals surface area contributed by atoms with Crippen molar-refractivity contribution < 1.29 is 22.9 Å². The summed E-state index contributed by atoms with van der Waals surface area (Å²) in [6, 6.07) is 2.10. The van der Waals surface area contributed by atoms with Gasteiger partial charge < -0.3 is 5.32 Å². The fourth-order valence-electron chi connectivity index (χ4n) is 3.54. The largest absolute Gasteiger partial charge is 0.418 e. The van der Waals surface area contributed by atoms with Crippen LogP contribution in [0.2, 0.25) is 0 Å². The molecule has 1 N–H and O–H groups in total. The first-order valence-corrected chi connectivity index (χ1v) is 11.2. The number of thiophene rings is 1. The number of alkyl halides is 3. The van der Waals surface area contributed by atoms with E-state index in [1.54, 1.807) is 0 Å². The van der Waals surface area contributed by atoms with Gasteiger partial charge in [0.2, 0.25) is 5.91 Å². The van der Waals surface area contributed by atoms with Gasteiger partial charge in [-0.3, -0.25) is 24.3 Å². The maximum Gasteiger partial charge on any atom is 0.418 e. The molecule has 0 bridgehead atoms. The smallest absolute Gasteiger partial charge is 0.325 e. The number of hydrogen-bond donors (Lipinski definition) is 1. The monoisotopic (exact) mass is 484 g/mol. The van der Waals surface area contributed by atoms with Crippen LogP contribution in [0.5, 0.6) is 0 Å². The van der Waals surface area contributed by atoms with Crippen molar-refractivity contribution in [3.05, 3.63) is 54.7 Å². The number of fused-ring (bicyclic) bond motifs is 3. The highest BCUT2D eigenvalue weighted by molar-refractivity contribution is 7.99. The quantitative estimate of drug-likeness (QED) is 0.252. The van der Waals surface area contributed by atoms with Gasteiger partial charge >= 0.3 is 6.18 Å². The molecule has 1 aliphatic carbocycles. The molecule has 1 aromatic carbocycles. The number of nitro benzene ring substituents is 1. The zero-order chi connectivity index (χ0) is 23.2. The molecule has 32 heavy (non-hydrogen) atoms. The topological polar surface area (TPSA) is 107 Å². The van der Waals surface area contributed by atoms with Gasteiger partial charge in [-0.15, -0.1) is 11.3 Å². The van der Waals surface area contributed by atoms with Crippen LogP contribution in [-0.2, 0) is 30.9 Å². The first kappa shape index (κ1) is 22.3. The van der Waals surface area contributed by atoms with Crippen LogP contribution in [0, 0.1) is 10.1 Å². The van der Waals surface area contributed by atoms with E-state index in [1.807, 2.05) is 0 Å². The zero-order valence-electron chi connectivity index (χ0n) is 16.5. The summed E-state index contributed by atoms with van der Waals surface area (Å²) in [6.07, 6.45) is -2.16. The fraction of sp³-hybridized carbons (Fsp3) is 0.316. The third kappa shape index (κ3) is 4.09. The molecule has 1 aliphatic rings. The van der Waals surface area contributed by atoms with Crippen molar-refractivity contribution >= 4 is 50.6 Å². The highest BCUT2D eigenvalue weighted by Crippen LogP contribution is 2.38. The molecule has 13 heteroatoms. The van der Waals surface area contributed by atoms with Crippen LogP contribution in [0.3, 0.4) is 0 Å². The summed E-state index contributed by atoms with van der Waals surface area (Å²) < 4.78 is 41.2. The Hall–Kier alpha value is -2.93. The van der Waals surface area contributed by atoms with Crippen LogP contribution in [-0.4, -0.2) is 26.1 Å². The predicted molar refractivity (Wildman–Crippen MR) is 114 cm³/mol. The van der Waals surface area contributed by atoms with Crippen molar-refractivity contribution in [1.29, 1.82) is 0 Å². The number of aromatic nitrogens is 2. The second kappa shape index (κ2) is 8.20. The van der Waals surface area contributed by atoms with E-state index in [-0.39, 0.29) is 16.5 Å². The van der Waals surface area contributed by atoms with Gasteiger partial charge in [-0.25, -0.2) is 4.98 Å². The minimum atomic E-state index is -4.89. The van der Waals surface area contributed by atoms with E-state index in [9.17, 15) is 32.9 Å². The summed E-state index contributed by atoms with van der Waals surface area (Å²) in [7, 11) is 1.53. The van der Waals surface area contributed by atoms with Crippen molar-refractivity contribution in [3.63, 3.8) is 0 Å². The molecule has 0 radical (unpaired) electrons. The average Bonchev–Trinajstić information content (AvgIpc) is 3.29. The highest BCUT2D eigenvalue weighted by atomic mass is 32.2. The van der Waals surface area contributed by atoms with Crippen LogP contribution in [0.25, 0.3) is 10.2 Å². The Balaban J connectivity index is 1.54. The minimum absolute atomic E-state index is 0.216. The van der Waals surface area contributed by atoms with Gasteiger partial charge in [-0.05, 0) is 30.9 Å².